The third-order valence-electron chi connectivity index (χ3n) is 1.89. The molecule has 0 spiro atoms. The minimum atomic E-state index is 0.170. The Kier molecular flexibility index (Phi) is 4.08. The van der Waals surface area contributed by atoms with Crippen molar-refractivity contribution in [3.8, 4) is 0 Å². The molecule has 13 heavy (non-hydrogen) atoms. The van der Waals surface area contributed by atoms with Gasteiger partial charge in [-0.3, -0.25) is 0 Å². The van der Waals surface area contributed by atoms with Gasteiger partial charge in [-0.1, -0.05) is 13.3 Å². The summed E-state index contributed by atoms with van der Waals surface area (Å²) in [6, 6.07) is 0. The molecule has 0 aromatic carbocycles. The highest BCUT2D eigenvalue weighted by atomic mass is 16.1. The number of carbonyl (C=O) groups is 1. The molecule has 5 heteroatoms. The van der Waals surface area contributed by atoms with Gasteiger partial charge in [0.15, 0.2) is 6.33 Å². The van der Waals surface area contributed by atoms with E-state index >= 15 is 0 Å². The average Bonchev–Trinajstić information content (AvgIpc) is 2.64. The predicted octanol–water partition coefficient (Wildman–Crippen LogP) is 0.678. The Morgan fingerprint density at radius 2 is 2.38 bits per heavy atom. The van der Waals surface area contributed by atoms with E-state index in [1.165, 1.54) is 6.33 Å². The molecule has 72 valence electrons. The molecule has 0 aliphatic carbocycles. The summed E-state index contributed by atoms with van der Waals surface area (Å²) < 4.78 is 0. The third kappa shape index (κ3) is 3.78. The molecule has 0 radical (unpaired) electrons. The molecule has 1 aromatic rings. The number of nitrogens with zero attached hydrogens (tertiary/aromatic N) is 4. The van der Waals surface area contributed by atoms with Crippen molar-refractivity contribution < 1.29 is 4.79 Å². The molecule has 0 amide bonds. The molecule has 1 heterocycles. The number of aryl methyl sites for hydroxylation is 1. The normalized spacial score (nSPS) is 12.7. The first-order chi connectivity index (χ1) is 6.33. The SMILES string of the molecule is CC(C=O)CCCCn1ncnn1. The molecular formula is C8H14N4O. The number of unbranched alkanes of at least 4 members (excludes halogenated alkanes) is 1. The van der Waals surface area contributed by atoms with Crippen LogP contribution in [0.4, 0.5) is 0 Å². The minimum Gasteiger partial charge on any atom is -0.303 e. The van der Waals surface area contributed by atoms with Crippen LogP contribution >= 0.6 is 0 Å². The van der Waals surface area contributed by atoms with Crippen LogP contribution < -0.4 is 0 Å². The van der Waals surface area contributed by atoms with Crippen LogP contribution in [-0.2, 0) is 11.3 Å². The monoisotopic (exact) mass is 182 g/mol. The van der Waals surface area contributed by atoms with Crippen molar-refractivity contribution in [3.05, 3.63) is 6.33 Å². The van der Waals surface area contributed by atoms with Crippen LogP contribution in [0.3, 0.4) is 0 Å². The van der Waals surface area contributed by atoms with Gasteiger partial charge in [-0.2, -0.15) is 4.80 Å². The van der Waals surface area contributed by atoms with Crippen LogP contribution in [0.1, 0.15) is 26.2 Å². The molecule has 0 N–H and O–H groups in total. The molecule has 1 rings (SSSR count). The second-order valence-corrected chi connectivity index (χ2v) is 3.14. The summed E-state index contributed by atoms with van der Waals surface area (Å²) in [6.07, 6.45) is 5.38. The van der Waals surface area contributed by atoms with Crippen LogP contribution in [0.15, 0.2) is 6.33 Å². The van der Waals surface area contributed by atoms with Gasteiger partial charge in [-0.05, 0) is 18.1 Å². The maximum atomic E-state index is 10.3. The van der Waals surface area contributed by atoms with Crippen LogP contribution in [0.25, 0.3) is 0 Å². The van der Waals surface area contributed by atoms with Crippen molar-refractivity contribution in [1.82, 2.24) is 20.2 Å². The van der Waals surface area contributed by atoms with Gasteiger partial charge in [0.1, 0.15) is 6.29 Å². The largest absolute Gasteiger partial charge is 0.303 e. The van der Waals surface area contributed by atoms with Crippen molar-refractivity contribution in [1.29, 1.82) is 0 Å². The fourth-order valence-electron chi connectivity index (χ4n) is 1.08. The lowest BCUT2D eigenvalue weighted by molar-refractivity contribution is -0.110. The summed E-state index contributed by atoms with van der Waals surface area (Å²) in [5, 5.41) is 11.2. The predicted molar refractivity (Wildman–Crippen MR) is 46.9 cm³/mol. The Morgan fingerprint density at radius 1 is 1.54 bits per heavy atom. The molecule has 0 saturated heterocycles. The number of aromatic nitrogens is 4. The van der Waals surface area contributed by atoms with E-state index in [0.717, 1.165) is 32.1 Å². The van der Waals surface area contributed by atoms with Gasteiger partial charge in [-0.25, -0.2) is 0 Å². The summed E-state index contributed by atoms with van der Waals surface area (Å²) in [5.74, 6) is 0.170. The number of carbonyl (C=O) groups excluding carboxylic acids is 1. The number of rotatable bonds is 6. The molecule has 0 aliphatic rings. The van der Waals surface area contributed by atoms with Crippen LogP contribution in [0.2, 0.25) is 0 Å². The summed E-state index contributed by atoms with van der Waals surface area (Å²) >= 11 is 0. The molecule has 5 nitrogen and oxygen atoms in total. The number of hydrogen-bond donors (Lipinski definition) is 0. The smallest absolute Gasteiger partial charge is 0.162 e. The van der Waals surface area contributed by atoms with Gasteiger partial charge in [0.25, 0.3) is 0 Å². The van der Waals surface area contributed by atoms with E-state index in [1.807, 2.05) is 6.92 Å². The number of aldehydes is 1. The zero-order chi connectivity index (χ0) is 9.52. The van der Waals surface area contributed by atoms with E-state index < -0.39 is 0 Å². The van der Waals surface area contributed by atoms with Gasteiger partial charge < -0.3 is 4.79 Å². The van der Waals surface area contributed by atoms with Crippen LogP contribution in [0.5, 0.6) is 0 Å². The molecule has 1 aromatic heterocycles. The third-order valence-corrected chi connectivity index (χ3v) is 1.89. The Morgan fingerprint density at radius 3 is 3.00 bits per heavy atom. The van der Waals surface area contributed by atoms with E-state index in [0.29, 0.717) is 0 Å². The quantitative estimate of drug-likeness (QED) is 0.479. The second-order valence-electron chi connectivity index (χ2n) is 3.14. The Bertz CT molecular complexity index is 234. The standard InChI is InChI=1S/C8H14N4O/c1-8(6-13)4-2-3-5-12-10-7-9-11-12/h6-8H,2-5H2,1H3. The first kappa shape index (κ1) is 9.83. The van der Waals surface area contributed by atoms with Crippen molar-refractivity contribution in [2.45, 2.75) is 32.7 Å². The average molecular weight is 182 g/mol. The molecule has 1 unspecified atom stereocenters. The summed E-state index contributed by atoms with van der Waals surface area (Å²) in [5.41, 5.74) is 0. The maximum absolute atomic E-state index is 10.3. The first-order valence-corrected chi connectivity index (χ1v) is 4.49. The molecule has 0 aliphatic heterocycles. The molecule has 0 saturated carbocycles. The van der Waals surface area contributed by atoms with Gasteiger partial charge in [0.05, 0.1) is 6.54 Å². The Labute approximate surface area is 77.1 Å². The lowest BCUT2D eigenvalue weighted by Gasteiger charge is -2.01. The molecule has 0 fully saturated rings. The van der Waals surface area contributed by atoms with E-state index in [9.17, 15) is 4.79 Å². The highest BCUT2D eigenvalue weighted by Gasteiger charge is 1.99. The molecule has 1 atom stereocenters. The summed E-state index contributed by atoms with van der Waals surface area (Å²) in [7, 11) is 0. The van der Waals surface area contributed by atoms with Crippen LogP contribution in [-0.4, -0.2) is 26.5 Å². The van der Waals surface area contributed by atoms with Crippen molar-refractivity contribution in [2.24, 2.45) is 5.92 Å². The van der Waals surface area contributed by atoms with Gasteiger partial charge in [-0.15, -0.1) is 10.2 Å². The Balaban J connectivity index is 2.05. The zero-order valence-corrected chi connectivity index (χ0v) is 7.76. The summed E-state index contributed by atoms with van der Waals surface area (Å²) in [4.78, 5) is 11.8. The lowest BCUT2D eigenvalue weighted by Crippen LogP contribution is -2.03. The first-order valence-electron chi connectivity index (χ1n) is 4.49. The van der Waals surface area contributed by atoms with Crippen molar-refractivity contribution in [3.63, 3.8) is 0 Å². The van der Waals surface area contributed by atoms with Crippen LogP contribution in [0, 0.1) is 5.92 Å². The van der Waals surface area contributed by atoms with Crippen molar-refractivity contribution in [2.75, 3.05) is 0 Å². The lowest BCUT2D eigenvalue weighted by atomic mass is 10.1. The fraction of sp³-hybridized carbons (Fsp3) is 0.750. The van der Waals surface area contributed by atoms with Gasteiger partial charge >= 0.3 is 0 Å². The van der Waals surface area contributed by atoms with E-state index in [-0.39, 0.29) is 5.92 Å². The highest BCUT2D eigenvalue weighted by molar-refractivity contribution is 5.52. The number of tetrazole rings is 1. The van der Waals surface area contributed by atoms with E-state index in [1.54, 1.807) is 4.80 Å². The fourth-order valence-corrected chi connectivity index (χ4v) is 1.08. The minimum absolute atomic E-state index is 0.170. The van der Waals surface area contributed by atoms with Crippen molar-refractivity contribution >= 4 is 6.29 Å². The molecular weight excluding hydrogens is 168 g/mol. The number of hydrogen-bond acceptors (Lipinski definition) is 4. The zero-order valence-electron chi connectivity index (χ0n) is 7.76. The summed E-state index contributed by atoms with van der Waals surface area (Å²) in [6.45, 7) is 2.71. The molecule has 0 bridgehead atoms. The Hall–Kier alpha value is -1.26. The highest BCUT2D eigenvalue weighted by Crippen LogP contribution is 2.05. The second kappa shape index (κ2) is 5.40. The topological polar surface area (TPSA) is 60.7 Å². The van der Waals surface area contributed by atoms with Gasteiger partial charge in [0.2, 0.25) is 0 Å². The van der Waals surface area contributed by atoms with E-state index in [2.05, 4.69) is 15.4 Å². The van der Waals surface area contributed by atoms with Gasteiger partial charge in [0, 0.05) is 5.92 Å². The van der Waals surface area contributed by atoms with E-state index in [4.69, 9.17) is 0 Å². The maximum Gasteiger partial charge on any atom is 0.162 e.